The first kappa shape index (κ1) is 12.2. The smallest absolute Gasteiger partial charge is 0.135 e. The molecular formula is C13H12ClF2N. The molecule has 0 radical (unpaired) electrons. The highest BCUT2D eigenvalue weighted by Crippen LogP contribution is 2.32. The van der Waals surface area contributed by atoms with Crippen LogP contribution in [0.1, 0.15) is 26.3 Å². The van der Waals surface area contributed by atoms with Gasteiger partial charge in [0.2, 0.25) is 0 Å². The zero-order valence-corrected chi connectivity index (χ0v) is 10.6. The molecule has 1 heterocycles. The van der Waals surface area contributed by atoms with Crippen LogP contribution in [0.4, 0.5) is 8.78 Å². The maximum Gasteiger partial charge on any atom is 0.135 e. The van der Waals surface area contributed by atoms with Crippen molar-refractivity contribution in [2.75, 3.05) is 0 Å². The monoisotopic (exact) mass is 255 g/mol. The van der Waals surface area contributed by atoms with Crippen LogP contribution in [0.5, 0.6) is 0 Å². The summed E-state index contributed by atoms with van der Waals surface area (Å²) in [7, 11) is 0. The van der Waals surface area contributed by atoms with Crippen molar-refractivity contribution in [3.8, 4) is 0 Å². The summed E-state index contributed by atoms with van der Waals surface area (Å²) in [6, 6.07) is 3.67. The fourth-order valence-electron chi connectivity index (χ4n) is 1.70. The molecule has 0 unspecified atom stereocenters. The summed E-state index contributed by atoms with van der Waals surface area (Å²) in [5, 5.41) is 0.579. The number of pyridine rings is 1. The molecule has 0 aliphatic rings. The summed E-state index contributed by atoms with van der Waals surface area (Å²) in [5.74, 6) is -1.27. The molecule has 0 saturated heterocycles. The van der Waals surface area contributed by atoms with Crippen LogP contribution in [0.15, 0.2) is 18.2 Å². The zero-order chi connectivity index (χ0) is 12.8. The molecule has 0 spiro atoms. The lowest BCUT2D eigenvalue weighted by Crippen LogP contribution is -2.12. The number of rotatable bonds is 0. The maximum absolute atomic E-state index is 13.6. The molecule has 1 nitrogen and oxygen atoms in total. The predicted molar refractivity (Wildman–Crippen MR) is 65.4 cm³/mol. The van der Waals surface area contributed by atoms with Crippen molar-refractivity contribution in [1.29, 1.82) is 0 Å². The van der Waals surface area contributed by atoms with E-state index in [0.29, 0.717) is 5.39 Å². The van der Waals surface area contributed by atoms with Gasteiger partial charge in [-0.05, 0) is 17.0 Å². The number of benzene rings is 1. The first-order chi connectivity index (χ1) is 7.79. The van der Waals surface area contributed by atoms with Gasteiger partial charge in [-0.25, -0.2) is 13.8 Å². The van der Waals surface area contributed by atoms with E-state index in [2.05, 4.69) is 4.98 Å². The Morgan fingerprint density at radius 2 is 1.76 bits per heavy atom. The normalized spacial score (nSPS) is 12.1. The number of halogens is 3. The average Bonchev–Trinajstić information content (AvgIpc) is 2.13. The number of fused-ring (bicyclic) bond motifs is 1. The molecule has 0 bridgehead atoms. The average molecular weight is 256 g/mol. The summed E-state index contributed by atoms with van der Waals surface area (Å²) in [6.07, 6.45) is 0. The standard InChI is InChI=1S/C13H12ClF2N/c1-13(2,3)9-6-8-10(16)4-7(15)5-11(8)17-12(9)14/h4-6H,1-3H3. The molecule has 0 amide bonds. The molecule has 90 valence electrons. The molecule has 2 aromatic rings. The minimum atomic E-state index is -0.651. The van der Waals surface area contributed by atoms with Crippen molar-refractivity contribution in [3.05, 3.63) is 40.6 Å². The van der Waals surface area contributed by atoms with E-state index in [4.69, 9.17) is 11.6 Å². The van der Waals surface area contributed by atoms with E-state index in [-0.39, 0.29) is 16.1 Å². The van der Waals surface area contributed by atoms with Crippen LogP contribution in [0.2, 0.25) is 5.15 Å². The van der Waals surface area contributed by atoms with Crippen molar-refractivity contribution in [2.45, 2.75) is 26.2 Å². The van der Waals surface area contributed by atoms with E-state index in [1.165, 1.54) is 6.07 Å². The molecular weight excluding hydrogens is 244 g/mol. The van der Waals surface area contributed by atoms with Crippen LogP contribution in [0.3, 0.4) is 0 Å². The Bertz CT molecular complexity index is 588. The SMILES string of the molecule is CC(C)(C)c1cc2c(F)cc(F)cc2nc1Cl. The van der Waals surface area contributed by atoms with E-state index < -0.39 is 11.6 Å². The second-order valence-electron chi connectivity index (χ2n) is 5.03. The topological polar surface area (TPSA) is 12.9 Å². The third kappa shape index (κ3) is 2.25. The Labute approximate surface area is 103 Å². The summed E-state index contributed by atoms with van der Waals surface area (Å²) >= 11 is 6.04. The van der Waals surface area contributed by atoms with Gasteiger partial charge in [-0.3, -0.25) is 0 Å². The number of hydrogen-bond acceptors (Lipinski definition) is 1. The molecule has 0 aliphatic carbocycles. The highest BCUT2D eigenvalue weighted by Gasteiger charge is 2.20. The maximum atomic E-state index is 13.6. The number of hydrogen-bond donors (Lipinski definition) is 0. The van der Waals surface area contributed by atoms with Gasteiger partial charge in [0, 0.05) is 17.5 Å². The Kier molecular flexibility index (Phi) is 2.82. The molecule has 0 fully saturated rings. The van der Waals surface area contributed by atoms with Gasteiger partial charge in [0.15, 0.2) is 0 Å². The van der Waals surface area contributed by atoms with E-state index >= 15 is 0 Å². The molecule has 0 atom stereocenters. The van der Waals surface area contributed by atoms with Gasteiger partial charge in [-0.15, -0.1) is 0 Å². The summed E-state index contributed by atoms with van der Waals surface area (Å²) in [5.41, 5.74) is 0.747. The summed E-state index contributed by atoms with van der Waals surface area (Å²) < 4.78 is 26.7. The first-order valence-corrected chi connectivity index (χ1v) is 5.62. The molecule has 0 saturated carbocycles. The summed E-state index contributed by atoms with van der Waals surface area (Å²) in [6.45, 7) is 5.88. The van der Waals surface area contributed by atoms with E-state index in [1.54, 1.807) is 6.07 Å². The first-order valence-electron chi connectivity index (χ1n) is 5.25. The lowest BCUT2D eigenvalue weighted by atomic mass is 9.87. The third-order valence-electron chi connectivity index (χ3n) is 2.61. The van der Waals surface area contributed by atoms with Crippen molar-refractivity contribution in [3.63, 3.8) is 0 Å². The lowest BCUT2D eigenvalue weighted by molar-refractivity contribution is 0.583. The fraction of sp³-hybridized carbons (Fsp3) is 0.308. The van der Waals surface area contributed by atoms with Gasteiger partial charge in [0.25, 0.3) is 0 Å². The largest absolute Gasteiger partial charge is 0.236 e. The lowest BCUT2D eigenvalue weighted by Gasteiger charge is -2.20. The Morgan fingerprint density at radius 3 is 2.35 bits per heavy atom. The van der Waals surface area contributed by atoms with Crippen molar-refractivity contribution in [1.82, 2.24) is 4.98 Å². The number of nitrogens with zero attached hydrogens (tertiary/aromatic N) is 1. The Morgan fingerprint density at radius 1 is 1.12 bits per heavy atom. The van der Waals surface area contributed by atoms with Crippen molar-refractivity contribution < 1.29 is 8.78 Å². The second-order valence-corrected chi connectivity index (χ2v) is 5.39. The van der Waals surface area contributed by atoms with Crippen LogP contribution in [0.25, 0.3) is 10.9 Å². The Balaban J connectivity index is 2.81. The van der Waals surface area contributed by atoms with Gasteiger partial charge in [0.1, 0.15) is 16.8 Å². The van der Waals surface area contributed by atoms with Crippen LogP contribution in [-0.2, 0) is 5.41 Å². The highest BCUT2D eigenvalue weighted by molar-refractivity contribution is 6.30. The molecule has 2 rings (SSSR count). The fourth-order valence-corrected chi connectivity index (χ4v) is 2.13. The van der Waals surface area contributed by atoms with Crippen LogP contribution in [0, 0.1) is 11.6 Å². The van der Waals surface area contributed by atoms with Crippen LogP contribution < -0.4 is 0 Å². The van der Waals surface area contributed by atoms with E-state index in [9.17, 15) is 8.78 Å². The van der Waals surface area contributed by atoms with Gasteiger partial charge >= 0.3 is 0 Å². The van der Waals surface area contributed by atoms with Crippen molar-refractivity contribution in [2.24, 2.45) is 0 Å². The number of aromatic nitrogens is 1. The van der Waals surface area contributed by atoms with E-state index in [1.807, 2.05) is 20.8 Å². The van der Waals surface area contributed by atoms with E-state index in [0.717, 1.165) is 11.6 Å². The minimum Gasteiger partial charge on any atom is -0.236 e. The minimum absolute atomic E-state index is 0.237. The van der Waals surface area contributed by atoms with Crippen LogP contribution in [-0.4, -0.2) is 4.98 Å². The van der Waals surface area contributed by atoms with Crippen LogP contribution >= 0.6 is 11.6 Å². The van der Waals surface area contributed by atoms with Gasteiger partial charge < -0.3 is 0 Å². The molecule has 1 aromatic heterocycles. The molecule has 17 heavy (non-hydrogen) atoms. The predicted octanol–water partition coefficient (Wildman–Crippen LogP) is 4.46. The quantitative estimate of drug-likeness (QED) is 0.633. The second kappa shape index (κ2) is 3.91. The summed E-state index contributed by atoms with van der Waals surface area (Å²) in [4.78, 5) is 4.05. The molecule has 1 aromatic carbocycles. The third-order valence-corrected chi connectivity index (χ3v) is 2.90. The van der Waals surface area contributed by atoms with Gasteiger partial charge in [-0.2, -0.15) is 0 Å². The van der Waals surface area contributed by atoms with Gasteiger partial charge in [-0.1, -0.05) is 32.4 Å². The van der Waals surface area contributed by atoms with Gasteiger partial charge in [0.05, 0.1) is 5.52 Å². The Hall–Kier alpha value is -1.22. The highest BCUT2D eigenvalue weighted by atomic mass is 35.5. The van der Waals surface area contributed by atoms with Crippen molar-refractivity contribution >= 4 is 22.5 Å². The zero-order valence-electron chi connectivity index (χ0n) is 9.81. The molecule has 4 heteroatoms. The molecule has 0 aliphatic heterocycles. The molecule has 0 N–H and O–H groups in total.